The molecule has 1 aliphatic rings. The topological polar surface area (TPSA) is 15.3 Å². The number of nitrogens with one attached hydrogen (secondary N) is 1. The number of hydrogen-bond donors (Lipinski definition) is 1. The van der Waals surface area contributed by atoms with E-state index < -0.39 is 0 Å². The van der Waals surface area contributed by atoms with Crippen LogP contribution in [0.25, 0.3) is 0 Å². The summed E-state index contributed by atoms with van der Waals surface area (Å²) in [6, 6.07) is 11.4. The van der Waals surface area contributed by atoms with Gasteiger partial charge in [0.15, 0.2) is 0 Å². The summed E-state index contributed by atoms with van der Waals surface area (Å²) in [6.07, 6.45) is 3.61. The van der Waals surface area contributed by atoms with E-state index in [-0.39, 0.29) is 0 Å². The van der Waals surface area contributed by atoms with Crippen molar-refractivity contribution in [2.24, 2.45) is 5.92 Å². The van der Waals surface area contributed by atoms with Crippen LogP contribution >= 0.6 is 0 Å². The molecule has 0 aliphatic carbocycles. The van der Waals surface area contributed by atoms with Crippen molar-refractivity contribution in [3.05, 3.63) is 48.2 Å². The zero-order chi connectivity index (χ0) is 14.4. The molecule has 0 aromatic heterocycles. The van der Waals surface area contributed by atoms with E-state index in [1.807, 2.05) is 0 Å². The lowest BCUT2D eigenvalue weighted by atomic mass is 10.0. The highest BCUT2D eigenvalue weighted by molar-refractivity contribution is 5.14. The summed E-state index contributed by atoms with van der Waals surface area (Å²) in [4.78, 5) is 2.56. The standard InChI is InChI=1S/C18H28N2/c1-4-15(2)16(3)19-18-10-12-20(13-11-18)14-17-8-6-5-7-9-17/h5-9,15,18-19H,3-4,10-14H2,1-2H3. The van der Waals surface area contributed by atoms with Crippen molar-refractivity contribution < 1.29 is 0 Å². The monoisotopic (exact) mass is 272 g/mol. The fourth-order valence-electron chi connectivity index (χ4n) is 2.73. The molecule has 1 unspecified atom stereocenters. The number of rotatable bonds is 6. The number of hydrogen-bond acceptors (Lipinski definition) is 2. The van der Waals surface area contributed by atoms with E-state index in [0.717, 1.165) is 6.54 Å². The molecule has 2 heteroatoms. The molecule has 0 amide bonds. The van der Waals surface area contributed by atoms with Gasteiger partial charge in [0.05, 0.1) is 0 Å². The summed E-state index contributed by atoms with van der Waals surface area (Å²) < 4.78 is 0. The second-order valence-electron chi connectivity index (χ2n) is 6.01. The maximum atomic E-state index is 4.18. The quantitative estimate of drug-likeness (QED) is 0.847. The van der Waals surface area contributed by atoms with Crippen LogP contribution in [0.3, 0.4) is 0 Å². The highest BCUT2D eigenvalue weighted by Crippen LogP contribution is 2.17. The summed E-state index contributed by atoms with van der Waals surface area (Å²) >= 11 is 0. The van der Waals surface area contributed by atoms with E-state index in [0.29, 0.717) is 12.0 Å². The van der Waals surface area contributed by atoms with Gasteiger partial charge in [-0.25, -0.2) is 0 Å². The predicted molar refractivity (Wildman–Crippen MR) is 86.5 cm³/mol. The highest BCUT2D eigenvalue weighted by atomic mass is 15.1. The molecular weight excluding hydrogens is 244 g/mol. The van der Waals surface area contributed by atoms with Gasteiger partial charge in [-0.3, -0.25) is 4.90 Å². The van der Waals surface area contributed by atoms with Gasteiger partial charge in [0.2, 0.25) is 0 Å². The van der Waals surface area contributed by atoms with Crippen LogP contribution in [0, 0.1) is 5.92 Å². The van der Waals surface area contributed by atoms with Crippen molar-refractivity contribution >= 4 is 0 Å². The molecule has 2 nitrogen and oxygen atoms in total. The molecule has 1 saturated heterocycles. The third kappa shape index (κ3) is 4.38. The van der Waals surface area contributed by atoms with E-state index in [2.05, 4.69) is 61.0 Å². The zero-order valence-electron chi connectivity index (χ0n) is 12.9. The Kier molecular flexibility index (Phi) is 5.66. The third-order valence-electron chi connectivity index (χ3n) is 4.43. The second kappa shape index (κ2) is 7.49. The van der Waals surface area contributed by atoms with Crippen molar-refractivity contribution in [3.8, 4) is 0 Å². The lowest BCUT2D eigenvalue weighted by Gasteiger charge is -2.34. The molecule has 0 bridgehead atoms. The molecule has 1 N–H and O–H groups in total. The average Bonchev–Trinajstić information content (AvgIpc) is 2.49. The summed E-state index contributed by atoms with van der Waals surface area (Å²) in [5, 5.41) is 3.63. The van der Waals surface area contributed by atoms with Crippen molar-refractivity contribution in [2.45, 2.75) is 45.7 Å². The van der Waals surface area contributed by atoms with Crippen molar-refractivity contribution in [1.82, 2.24) is 10.2 Å². The van der Waals surface area contributed by atoms with E-state index in [1.54, 1.807) is 0 Å². The summed E-state index contributed by atoms with van der Waals surface area (Å²) in [5.74, 6) is 0.581. The van der Waals surface area contributed by atoms with Crippen LogP contribution in [0.4, 0.5) is 0 Å². The minimum Gasteiger partial charge on any atom is -0.386 e. The Morgan fingerprint density at radius 1 is 1.30 bits per heavy atom. The Bertz CT molecular complexity index is 405. The van der Waals surface area contributed by atoms with Gasteiger partial charge in [0, 0.05) is 31.4 Å². The number of piperidine rings is 1. The zero-order valence-corrected chi connectivity index (χ0v) is 12.9. The molecule has 1 atom stereocenters. The Balaban J connectivity index is 1.74. The SMILES string of the molecule is C=C(NC1CCN(Cc2ccccc2)CC1)C(C)CC. The van der Waals surface area contributed by atoms with Gasteiger partial charge >= 0.3 is 0 Å². The number of benzene rings is 1. The fraction of sp³-hybridized carbons (Fsp3) is 0.556. The average molecular weight is 272 g/mol. The number of likely N-dealkylation sites (tertiary alicyclic amines) is 1. The van der Waals surface area contributed by atoms with Gasteiger partial charge in [0.25, 0.3) is 0 Å². The molecule has 2 rings (SSSR count). The van der Waals surface area contributed by atoms with Gasteiger partial charge in [0.1, 0.15) is 0 Å². The maximum absolute atomic E-state index is 4.18. The molecule has 1 aliphatic heterocycles. The normalized spacial score (nSPS) is 18.7. The molecule has 110 valence electrons. The maximum Gasteiger partial charge on any atom is 0.0282 e. The lowest BCUT2D eigenvalue weighted by molar-refractivity contribution is 0.193. The fourth-order valence-corrected chi connectivity index (χ4v) is 2.73. The summed E-state index contributed by atoms with van der Waals surface area (Å²) in [7, 11) is 0. The Labute approximate surface area is 123 Å². The highest BCUT2D eigenvalue weighted by Gasteiger charge is 2.20. The van der Waals surface area contributed by atoms with Gasteiger partial charge in [-0.15, -0.1) is 0 Å². The van der Waals surface area contributed by atoms with Gasteiger partial charge in [-0.2, -0.15) is 0 Å². The molecule has 0 spiro atoms. The molecule has 1 aromatic carbocycles. The smallest absolute Gasteiger partial charge is 0.0282 e. The van der Waals surface area contributed by atoms with Crippen molar-refractivity contribution in [2.75, 3.05) is 13.1 Å². The van der Waals surface area contributed by atoms with Gasteiger partial charge < -0.3 is 5.32 Å². The minimum absolute atomic E-state index is 0.581. The molecular formula is C18H28N2. The Hall–Kier alpha value is -1.28. The first-order chi connectivity index (χ1) is 9.69. The van der Waals surface area contributed by atoms with Crippen LogP contribution in [-0.4, -0.2) is 24.0 Å². The largest absolute Gasteiger partial charge is 0.386 e. The first kappa shape index (κ1) is 15.1. The predicted octanol–water partition coefficient (Wildman–Crippen LogP) is 3.80. The summed E-state index contributed by atoms with van der Waals surface area (Å²) in [6.45, 7) is 12.1. The first-order valence-corrected chi connectivity index (χ1v) is 7.90. The molecule has 0 saturated carbocycles. The van der Waals surface area contributed by atoms with Crippen LogP contribution in [0.2, 0.25) is 0 Å². The van der Waals surface area contributed by atoms with Crippen LogP contribution in [0.1, 0.15) is 38.7 Å². The molecule has 1 heterocycles. The molecule has 0 radical (unpaired) electrons. The van der Waals surface area contributed by atoms with E-state index in [1.165, 1.54) is 43.6 Å². The van der Waals surface area contributed by atoms with Crippen LogP contribution in [0.15, 0.2) is 42.6 Å². The van der Waals surface area contributed by atoms with E-state index in [4.69, 9.17) is 0 Å². The Morgan fingerprint density at radius 3 is 2.55 bits per heavy atom. The van der Waals surface area contributed by atoms with Crippen molar-refractivity contribution in [3.63, 3.8) is 0 Å². The molecule has 1 fully saturated rings. The van der Waals surface area contributed by atoms with Gasteiger partial charge in [-0.1, -0.05) is 50.8 Å². The van der Waals surface area contributed by atoms with Crippen LogP contribution < -0.4 is 5.32 Å². The minimum atomic E-state index is 0.581. The molecule has 20 heavy (non-hydrogen) atoms. The lowest BCUT2D eigenvalue weighted by Crippen LogP contribution is -2.42. The molecule has 1 aromatic rings. The van der Waals surface area contributed by atoms with Crippen molar-refractivity contribution in [1.29, 1.82) is 0 Å². The van der Waals surface area contributed by atoms with E-state index >= 15 is 0 Å². The summed E-state index contributed by atoms with van der Waals surface area (Å²) in [5.41, 5.74) is 2.64. The first-order valence-electron chi connectivity index (χ1n) is 7.90. The number of nitrogens with zero attached hydrogens (tertiary/aromatic N) is 1. The second-order valence-corrected chi connectivity index (χ2v) is 6.01. The van der Waals surface area contributed by atoms with E-state index in [9.17, 15) is 0 Å². The van der Waals surface area contributed by atoms with Crippen LogP contribution in [0.5, 0.6) is 0 Å². The van der Waals surface area contributed by atoms with Gasteiger partial charge in [-0.05, 0) is 30.7 Å². The number of allylic oxidation sites excluding steroid dienone is 1. The third-order valence-corrected chi connectivity index (χ3v) is 4.43. The van der Waals surface area contributed by atoms with Crippen LogP contribution in [-0.2, 0) is 6.54 Å². The Morgan fingerprint density at radius 2 is 1.95 bits per heavy atom.